The zero-order valence-corrected chi connectivity index (χ0v) is 14.4. The van der Waals surface area contributed by atoms with Crippen molar-refractivity contribution in [3.63, 3.8) is 0 Å². The Kier molecular flexibility index (Phi) is 4.33. The fraction of sp³-hybridized carbons (Fsp3) is 0.263. The van der Waals surface area contributed by atoms with Crippen LogP contribution in [0.2, 0.25) is 5.02 Å². The van der Waals surface area contributed by atoms with Crippen LogP contribution in [0.1, 0.15) is 37.4 Å². The van der Waals surface area contributed by atoms with Crippen molar-refractivity contribution in [2.24, 2.45) is 0 Å². The fourth-order valence-corrected chi connectivity index (χ4v) is 3.55. The molecule has 0 aromatic heterocycles. The van der Waals surface area contributed by atoms with Crippen LogP contribution in [0.25, 0.3) is 0 Å². The van der Waals surface area contributed by atoms with Crippen molar-refractivity contribution in [1.29, 1.82) is 0 Å². The van der Waals surface area contributed by atoms with E-state index in [1.807, 2.05) is 62.4 Å². The Bertz CT molecular complexity index is 778. The molecule has 5 heteroatoms. The average Bonchev–Trinajstić information content (AvgIpc) is 2.86. The Balaban J connectivity index is 2.02. The number of urea groups is 1. The molecule has 1 aliphatic rings. The van der Waals surface area contributed by atoms with Crippen molar-refractivity contribution < 1.29 is 9.59 Å². The summed E-state index contributed by atoms with van der Waals surface area (Å²) in [4.78, 5) is 27.1. The summed E-state index contributed by atoms with van der Waals surface area (Å²) < 4.78 is 0. The molecule has 24 heavy (non-hydrogen) atoms. The largest absolute Gasteiger partial charge is 0.325 e. The normalized spacial score (nSPS) is 21.7. The Morgan fingerprint density at radius 1 is 1.08 bits per heavy atom. The lowest BCUT2D eigenvalue weighted by atomic mass is 9.87. The lowest BCUT2D eigenvalue weighted by molar-refractivity contribution is -0.133. The van der Waals surface area contributed by atoms with Crippen LogP contribution < -0.4 is 5.32 Å². The van der Waals surface area contributed by atoms with Crippen LogP contribution in [0.5, 0.6) is 0 Å². The van der Waals surface area contributed by atoms with Gasteiger partial charge in [-0.25, -0.2) is 4.79 Å². The van der Waals surface area contributed by atoms with E-state index in [1.165, 1.54) is 4.90 Å². The quantitative estimate of drug-likeness (QED) is 0.844. The van der Waals surface area contributed by atoms with E-state index in [0.29, 0.717) is 11.4 Å². The molecule has 0 saturated carbocycles. The van der Waals surface area contributed by atoms with Gasteiger partial charge in [-0.1, -0.05) is 67.1 Å². The van der Waals surface area contributed by atoms with Gasteiger partial charge in [0.2, 0.25) is 0 Å². The third-order valence-corrected chi connectivity index (χ3v) is 5.01. The van der Waals surface area contributed by atoms with E-state index < -0.39 is 17.6 Å². The van der Waals surface area contributed by atoms with E-state index in [2.05, 4.69) is 5.32 Å². The Hall–Kier alpha value is -2.33. The SMILES string of the molecule is CCC1(c2ccccc2)NC(=O)N(C(C)c2ccccc2Cl)C1=O. The number of halogens is 1. The van der Waals surface area contributed by atoms with E-state index >= 15 is 0 Å². The van der Waals surface area contributed by atoms with Crippen LogP contribution in [0.15, 0.2) is 54.6 Å². The first-order valence-electron chi connectivity index (χ1n) is 7.97. The highest BCUT2D eigenvalue weighted by molar-refractivity contribution is 6.31. The predicted octanol–water partition coefficient (Wildman–Crippen LogP) is 4.26. The van der Waals surface area contributed by atoms with Gasteiger partial charge < -0.3 is 5.32 Å². The molecule has 3 amide bonds. The number of carbonyl (C=O) groups excluding carboxylic acids is 2. The first-order chi connectivity index (χ1) is 11.5. The van der Waals surface area contributed by atoms with E-state index in [1.54, 1.807) is 6.07 Å². The second kappa shape index (κ2) is 6.29. The minimum Gasteiger partial charge on any atom is -0.319 e. The van der Waals surface area contributed by atoms with E-state index in [4.69, 9.17) is 11.6 Å². The van der Waals surface area contributed by atoms with Gasteiger partial charge in [-0.05, 0) is 30.5 Å². The summed E-state index contributed by atoms with van der Waals surface area (Å²) in [5.41, 5.74) is 0.524. The Morgan fingerprint density at radius 3 is 2.33 bits per heavy atom. The van der Waals surface area contributed by atoms with Gasteiger partial charge in [0.1, 0.15) is 5.54 Å². The standard InChI is InChI=1S/C19H19ClN2O2/c1-3-19(14-9-5-4-6-10-14)17(23)22(18(24)21-19)13(2)15-11-7-8-12-16(15)20/h4-13H,3H2,1-2H3,(H,21,24). The minimum absolute atomic E-state index is 0.242. The third kappa shape index (κ3) is 2.47. The van der Waals surface area contributed by atoms with Gasteiger partial charge >= 0.3 is 6.03 Å². The molecule has 0 bridgehead atoms. The molecular weight excluding hydrogens is 324 g/mol. The van der Waals surface area contributed by atoms with Gasteiger partial charge in [0, 0.05) is 5.02 Å². The first kappa shape index (κ1) is 16.5. The molecule has 1 saturated heterocycles. The van der Waals surface area contributed by atoms with Gasteiger partial charge in [-0.3, -0.25) is 9.69 Å². The maximum absolute atomic E-state index is 13.2. The number of amides is 3. The zero-order chi connectivity index (χ0) is 17.3. The molecule has 2 unspecified atom stereocenters. The Morgan fingerprint density at radius 2 is 1.71 bits per heavy atom. The van der Waals surface area contributed by atoms with Crippen molar-refractivity contribution in [3.8, 4) is 0 Å². The molecule has 2 aromatic rings. The molecule has 1 heterocycles. The van der Waals surface area contributed by atoms with Crippen LogP contribution in [0, 0.1) is 0 Å². The molecule has 1 fully saturated rings. The highest BCUT2D eigenvalue weighted by Gasteiger charge is 2.52. The van der Waals surface area contributed by atoms with Crippen molar-refractivity contribution in [2.45, 2.75) is 31.8 Å². The molecule has 0 spiro atoms. The molecule has 2 atom stereocenters. The molecule has 2 aromatic carbocycles. The number of imide groups is 1. The maximum Gasteiger partial charge on any atom is 0.325 e. The van der Waals surface area contributed by atoms with E-state index in [-0.39, 0.29) is 5.91 Å². The third-order valence-electron chi connectivity index (χ3n) is 4.66. The molecule has 0 radical (unpaired) electrons. The number of hydrogen-bond donors (Lipinski definition) is 1. The lowest BCUT2D eigenvalue weighted by Crippen LogP contribution is -2.43. The van der Waals surface area contributed by atoms with Gasteiger partial charge in [-0.15, -0.1) is 0 Å². The van der Waals surface area contributed by atoms with E-state index in [9.17, 15) is 9.59 Å². The van der Waals surface area contributed by atoms with Gasteiger partial charge in [0.05, 0.1) is 6.04 Å². The van der Waals surface area contributed by atoms with Crippen molar-refractivity contribution in [1.82, 2.24) is 10.2 Å². The van der Waals surface area contributed by atoms with Crippen LogP contribution in [-0.4, -0.2) is 16.8 Å². The fourth-order valence-electron chi connectivity index (χ4n) is 3.26. The molecule has 1 aliphatic heterocycles. The topological polar surface area (TPSA) is 49.4 Å². The zero-order valence-electron chi connectivity index (χ0n) is 13.6. The van der Waals surface area contributed by atoms with Crippen molar-refractivity contribution >= 4 is 23.5 Å². The van der Waals surface area contributed by atoms with Crippen LogP contribution in [0.3, 0.4) is 0 Å². The molecule has 3 rings (SSSR count). The van der Waals surface area contributed by atoms with Crippen LogP contribution >= 0.6 is 11.6 Å². The lowest BCUT2D eigenvalue weighted by Gasteiger charge is -2.27. The summed E-state index contributed by atoms with van der Waals surface area (Å²) in [7, 11) is 0. The molecule has 0 aliphatic carbocycles. The highest BCUT2D eigenvalue weighted by atomic mass is 35.5. The predicted molar refractivity (Wildman–Crippen MR) is 93.7 cm³/mol. The number of nitrogens with zero attached hydrogens (tertiary/aromatic N) is 1. The van der Waals surface area contributed by atoms with Gasteiger partial charge in [0.15, 0.2) is 0 Å². The summed E-state index contributed by atoms with van der Waals surface area (Å²) in [6.07, 6.45) is 0.479. The van der Waals surface area contributed by atoms with Gasteiger partial charge in [-0.2, -0.15) is 0 Å². The molecule has 1 N–H and O–H groups in total. The number of carbonyl (C=O) groups is 2. The average molecular weight is 343 g/mol. The second-order valence-electron chi connectivity index (χ2n) is 5.93. The number of hydrogen-bond acceptors (Lipinski definition) is 2. The monoisotopic (exact) mass is 342 g/mol. The first-order valence-corrected chi connectivity index (χ1v) is 8.35. The van der Waals surface area contributed by atoms with Crippen LogP contribution in [-0.2, 0) is 10.3 Å². The Labute approximate surface area is 146 Å². The minimum atomic E-state index is -1.02. The molecular formula is C19H19ClN2O2. The second-order valence-corrected chi connectivity index (χ2v) is 6.33. The van der Waals surface area contributed by atoms with Gasteiger partial charge in [0.25, 0.3) is 5.91 Å². The maximum atomic E-state index is 13.2. The molecule has 124 valence electrons. The smallest absolute Gasteiger partial charge is 0.319 e. The van der Waals surface area contributed by atoms with Crippen LogP contribution in [0.4, 0.5) is 4.79 Å². The summed E-state index contributed by atoms with van der Waals surface area (Å²) in [5, 5.41) is 3.44. The molecule has 4 nitrogen and oxygen atoms in total. The summed E-state index contributed by atoms with van der Waals surface area (Å²) >= 11 is 6.25. The summed E-state index contributed by atoms with van der Waals surface area (Å²) in [6, 6.07) is 15.8. The summed E-state index contributed by atoms with van der Waals surface area (Å²) in [6.45, 7) is 3.71. The highest BCUT2D eigenvalue weighted by Crippen LogP contribution is 2.37. The number of rotatable bonds is 4. The van der Waals surface area contributed by atoms with Crippen molar-refractivity contribution in [2.75, 3.05) is 0 Å². The van der Waals surface area contributed by atoms with E-state index in [0.717, 1.165) is 11.1 Å². The number of benzene rings is 2. The number of nitrogens with one attached hydrogen (secondary N) is 1. The summed E-state index contributed by atoms with van der Waals surface area (Å²) in [5.74, 6) is -0.242. The van der Waals surface area contributed by atoms with Crippen molar-refractivity contribution in [3.05, 3.63) is 70.7 Å².